The Labute approximate surface area is 158 Å². The molecule has 3 aromatic rings. The van der Waals surface area contributed by atoms with E-state index in [2.05, 4.69) is 44.2 Å². The Morgan fingerprint density at radius 1 is 1.33 bits per heavy atom. The summed E-state index contributed by atoms with van der Waals surface area (Å²) in [5.74, 6) is 0.341. The summed E-state index contributed by atoms with van der Waals surface area (Å²) in [5.41, 5.74) is 1.03. The van der Waals surface area contributed by atoms with Crippen LogP contribution in [0.4, 0.5) is 10.2 Å². The van der Waals surface area contributed by atoms with E-state index in [9.17, 15) is 4.39 Å². The number of methoxy groups -OCH3 is 1. The van der Waals surface area contributed by atoms with Crippen LogP contribution in [0.2, 0.25) is 0 Å². The van der Waals surface area contributed by atoms with Crippen molar-refractivity contribution in [3.8, 4) is 11.4 Å². The summed E-state index contributed by atoms with van der Waals surface area (Å²) in [5, 5.41) is 11.3. The molecule has 144 valence electrons. The minimum absolute atomic E-state index is 0. The summed E-state index contributed by atoms with van der Waals surface area (Å²) in [6.07, 6.45) is 1.66. The maximum Gasteiger partial charge on any atom is 0.181 e. The van der Waals surface area contributed by atoms with Gasteiger partial charge in [-0.1, -0.05) is 0 Å². The Hall–Kier alpha value is -2.58. The van der Waals surface area contributed by atoms with Gasteiger partial charge in [0.2, 0.25) is 0 Å². The number of piperazine rings is 1. The highest BCUT2D eigenvalue weighted by Gasteiger charge is 2.33. The van der Waals surface area contributed by atoms with Crippen LogP contribution < -0.4 is 10.2 Å². The summed E-state index contributed by atoms with van der Waals surface area (Å²) in [4.78, 5) is 11.0. The molecule has 4 rings (SSSR count). The minimum atomic E-state index is -0.392. The maximum atomic E-state index is 14.6. The quantitative estimate of drug-likeness (QED) is 0.733. The molecular formula is C19H25FN6O. The molecule has 1 atom stereocenters. The van der Waals surface area contributed by atoms with E-state index in [1.54, 1.807) is 25.4 Å². The van der Waals surface area contributed by atoms with Crippen molar-refractivity contribution in [2.75, 3.05) is 31.6 Å². The zero-order chi connectivity index (χ0) is 19.0. The number of fused-ring (bicyclic) bond motifs is 1. The average Bonchev–Trinajstić information content (AvgIpc) is 3.12. The Bertz CT molecular complexity index is 963. The molecule has 0 bridgehead atoms. The van der Waals surface area contributed by atoms with Crippen molar-refractivity contribution in [1.29, 1.82) is 0 Å². The minimum Gasteiger partial charge on any atom is -0.377 e. The molecule has 1 fully saturated rings. The molecule has 27 heavy (non-hydrogen) atoms. The van der Waals surface area contributed by atoms with Crippen LogP contribution in [0.1, 0.15) is 15.3 Å². The predicted octanol–water partition coefficient (Wildman–Crippen LogP) is 2.61. The first kappa shape index (κ1) is 17.8. The number of H-pyrrole nitrogens is 1. The van der Waals surface area contributed by atoms with Gasteiger partial charge in [-0.2, -0.15) is 5.10 Å². The number of aromatic amines is 1. The van der Waals surface area contributed by atoms with Gasteiger partial charge in [-0.15, -0.1) is 0 Å². The largest absolute Gasteiger partial charge is 0.377 e. The first-order chi connectivity index (χ1) is 13.0. The Morgan fingerprint density at radius 3 is 3.00 bits per heavy atom. The Kier molecular flexibility index (Phi) is 4.53. The third-order valence-electron chi connectivity index (χ3n) is 5.26. The highest BCUT2D eigenvalue weighted by molar-refractivity contribution is 5.89. The molecule has 3 aromatic heterocycles. The number of nitrogens with one attached hydrogen (secondary N) is 2. The maximum absolute atomic E-state index is 14.6. The van der Waals surface area contributed by atoms with Crippen LogP contribution in [0.5, 0.6) is 0 Å². The van der Waals surface area contributed by atoms with Gasteiger partial charge in [0.1, 0.15) is 11.5 Å². The van der Waals surface area contributed by atoms with E-state index in [0.717, 1.165) is 30.8 Å². The van der Waals surface area contributed by atoms with Gasteiger partial charge in [-0.3, -0.25) is 5.10 Å². The van der Waals surface area contributed by atoms with E-state index < -0.39 is 5.82 Å². The average molecular weight is 372 g/mol. The lowest BCUT2D eigenvalue weighted by molar-refractivity contribution is -0.0108. The zero-order valence-electron chi connectivity index (χ0n) is 15.7. The molecule has 0 aliphatic carbocycles. The molecule has 1 aliphatic rings. The second kappa shape index (κ2) is 6.86. The van der Waals surface area contributed by atoms with E-state index >= 15 is 0 Å². The number of anilines is 1. The molecule has 0 saturated carbocycles. The Balaban J connectivity index is 0.00000225. The van der Waals surface area contributed by atoms with Crippen LogP contribution in [0, 0.1) is 5.82 Å². The fourth-order valence-corrected chi connectivity index (χ4v) is 3.38. The number of hydrogen-bond acceptors (Lipinski definition) is 6. The lowest BCUT2D eigenvalue weighted by Crippen LogP contribution is -2.60. The number of rotatable bonds is 4. The van der Waals surface area contributed by atoms with Crippen molar-refractivity contribution in [1.82, 2.24) is 25.5 Å². The first-order valence-corrected chi connectivity index (χ1v) is 8.99. The number of pyridine rings is 2. The van der Waals surface area contributed by atoms with Crippen LogP contribution >= 0.6 is 0 Å². The lowest BCUT2D eigenvalue weighted by atomic mass is 9.96. The van der Waals surface area contributed by atoms with Gasteiger partial charge >= 0.3 is 0 Å². The van der Waals surface area contributed by atoms with Crippen LogP contribution in [0.15, 0.2) is 30.5 Å². The molecule has 0 spiro atoms. The lowest BCUT2D eigenvalue weighted by Gasteiger charge is -2.41. The number of aromatic nitrogens is 4. The molecule has 1 aliphatic heterocycles. The standard InChI is InChI=1S/C19H23FN6O.H2/c1-19(2,27-3)14-11-26(10-9-21-14)15-7-6-13(20)17(23-15)16-12-5-4-8-22-18(12)25-24-16;/h4-8,14,21H,9-11H2,1-3H3,(H,22,24,25);1H. The van der Waals surface area contributed by atoms with Crippen molar-refractivity contribution >= 4 is 16.9 Å². The van der Waals surface area contributed by atoms with Crippen molar-refractivity contribution in [2.24, 2.45) is 0 Å². The summed E-state index contributed by atoms with van der Waals surface area (Å²) >= 11 is 0. The van der Waals surface area contributed by atoms with E-state index in [4.69, 9.17) is 4.74 Å². The summed E-state index contributed by atoms with van der Waals surface area (Å²) in [7, 11) is 1.71. The molecule has 0 radical (unpaired) electrons. The van der Waals surface area contributed by atoms with Gasteiger partial charge in [-0.25, -0.2) is 14.4 Å². The number of hydrogen-bond donors (Lipinski definition) is 2. The molecular weight excluding hydrogens is 347 g/mol. The third kappa shape index (κ3) is 3.26. The van der Waals surface area contributed by atoms with Crippen molar-refractivity contribution in [3.05, 3.63) is 36.3 Å². The van der Waals surface area contributed by atoms with E-state index in [-0.39, 0.29) is 18.8 Å². The third-order valence-corrected chi connectivity index (χ3v) is 5.26. The fraction of sp³-hybridized carbons (Fsp3) is 0.421. The van der Waals surface area contributed by atoms with Crippen molar-refractivity contribution < 1.29 is 10.6 Å². The molecule has 1 unspecified atom stereocenters. The topological polar surface area (TPSA) is 79.0 Å². The number of ether oxygens (including phenoxy) is 1. The van der Waals surface area contributed by atoms with E-state index in [1.165, 1.54) is 6.07 Å². The monoisotopic (exact) mass is 372 g/mol. The fourth-order valence-electron chi connectivity index (χ4n) is 3.38. The van der Waals surface area contributed by atoms with E-state index in [1.807, 2.05) is 6.07 Å². The van der Waals surface area contributed by atoms with Crippen LogP contribution in [0.3, 0.4) is 0 Å². The van der Waals surface area contributed by atoms with Crippen LogP contribution in [0.25, 0.3) is 22.4 Å². The number of nitrogens with zero attached hydrogens (tertiary/aromatic N) is 4. The summed E-state index contributed by atoms with van der Waals surface area (Å²) in [6.45, 7) is 6.44. The zero-order valence-corrected chi connectivity index (χ0v) is 15.7. The second-order valence-electron chi connectivity index (χ2n) is 7.23. The van der Waals surface area contributed by atoms with Gasteiger partial charge in [-0.05, 0) is 38.1 Å². The molecule has 4 heterocycles. The van der Waals surface area contributed by atoms with Gasteiger partial charge in [0, 0.05) is 39.8 Å². The van der Waals surface area contributed by atoms with E-state index in [0.29, 0.717) is 11.3 Å². The summed E-state index contributed by atoms with van der Waals surface area (Å²) in [6, 6.07) is 6.98. The number of halogens is 1. The van der Waals surface area contributed by atoms with Gasteiger partial charge < -0.3 is 15.0 Å². The molecule has 0 aromatic carbocycles. The smallest absolute Gasteiger partial charge is 0.181 e. The first-order valence-electron chi connectivity index (χ1n) is 8.99. The highest BCUT2D eigenvalue weighted by Crippen LogP contribution is 2.28. The van der Waals surface area contributed by atoms with Crippen LogP contribution in [-0.2, 0) is 4.74 Å². The predicted molar refractivity (Wildman–Crippen MR) is 104 cm³/mol. The van der Waals surface area contributed by atoms with Gasteiger partial charge in [0.05, 0.1) is 17.3 Å². The molecule has 7 nitrogen and oxygen atoms in total. The molecule has 8 heteroatoms. The van der Waals surface area contributed by atoms with Crippen LogP contribution in [-0.4, -0.2) is 58.6 Å². The Morgan fingerprint density at radius 2 is 2.19 bits per heavy atom. The highest BCUT2D eigenvalue weighted by atomic mass is 19.1. The summed E-state index contributed by atoms with van der Waals surface area (Å²) < 4.78 is 20.2. The molecule has 1 saturated heterocycles. The van der Waals surface area contributed by atoms with Crippen molar-refractivity contribution in [2.45, 2.75) is 25.5 Å². The second-order valence-corrected chi connectivity index (χ2v) is 7.23. The van der Waals surface area contributed by atoms with Crippen molar-refractivity contribution in [3.63, 3.8) is 0 Å². The molecule has 0 amide bonds. The normalized spacial score (nSPS) is 18.2. The SMILES string of the molecule is COC(C)(C)C1CN(c2ccc(F)c(-c3[nH]nc4ncccc34)n2)CCN1.[HH]. The van der Waals surface area contributed by atoms with Gasteiger partial charge in [0.25, 0.3) is 0 Å². The molecule has 2 N–H and O–H groups in total. The van der Waals surface area contributed by atoms with Gasteiger partial charge in [0.15, 0.2) is 11.5 Å².